The molecule has 1 atom stereocenters. The molecular weight excluding hydrogens is 244 g/mol. The molecule has 2 heterocycles. The maximum atomic E-state index is 5.71. The summed E-state index contributed by atoms with van der Waals surface area (Å²) in [5, 5.41) is 3.32. The van der Waals surface area contributed by atoms with Gasteiger partial charge in [0.25, 0.3) is 0 Å². The predicted molar refractivity (Wildman–Crippen MR) is 73.7 cm³/mol. The lowest BCUT2D eigenvalue weighted by Crippen LogP contribution is -2.43. The largest absolute Gasteiger partial charge is 0.478 e. The molecule has 0 radical (unpaired) electrons. The van der Waals surface area contributed by atoms with Crippen LogP contribution in [0.3, 0.4) is 0 Å². The second-order valence-corrected chi connectivity index (χ2v) is 4.72. The van der Waals surface area contributed by atoms with Crippen LogP contribution in [0.5, 0.6) is 5.88 Å². The van der Waals surface area contributed by atoms with E-state index in [0.29, 0.717) is 12.5 Å². The first-order chi connectivity index (χ1) is 9.20. The van der Waals surface area contributed by atoms with Gasteiger partial charge in [-0.05, 0) is 20.9 Å². The molecular formula is C13H22N4O2. The fraction of sp³-hybridized carbons (Fsp3) is 0.692. The number of nitrogens with one attached hydrogen (secondary N) is 1. The molecule has 1 N–H and O–H groups in total. The van der Waals surface area contributed by atoms with Gasteiger partial charge in [-0.25, -0.2) is 9.97 Å². The van der Waals surface area contributed by atoms with Crippen molar-refractivity contribution in [2.45, 2.75) is 20.0 Å². The van der Waals surface area contributed by atoms with Gasteiger partial charge in [-0.15, -0.1) is 0 Å². The van der Waals surface area contributed by atoms with Crippen LogP contribution in [0, 0.1) is 6.92 Å². The summed E-state index contributed by atoms with van der Waals surface area (Å²) in [6.07, 6.45) is 1.72. The highest BCUT2D eigenvalue weighted by molar-refractivity contribution is 5.47. The molecule has 0 aromatic carbocycles. The van der Waals surface area contributed by atoms with Crippen molar-refractivity contribution in [3.8, 4) is 5.88 Å². The molecule has 0 spiro atoms. The lowest BCUT2D eigenvalue weighted by atomic mass is 10.2. The van der Waals surface area contributed by atoms with Gasteiger partial charge >= 0.3 is 0 Å². The molecule has 0 aliphatic carbocycles. The Bertz CT molecular complexity index is 414. The molecule has 1 aromatic heterocycles. The molecule has 6 nitrogen and oxygen atoms in total. The smallest absolute Gasteiger partial charge is 0.221 e. The van der Waals surface area contributed by atoms with Gasteiger partial charge in [-0.1, -0.05) is 0 Å². The lowest BCUT2D eigenvalue weighted by molar-refractivity contribution is -0.0117. The molecule has 1 aliphatic rings. The summed E-state index contributed by atoms with van der Waals surface area (Å²) in [7, 11) is 2.11. The highest BCUT2D eigenvalue weighted by Crippen LogP contribution is 2.20. The molecule has 1 fully saturated rings. The molecule has 19 heavy (non-hydrogen) atoms. The van der Waals surface area contributed by atoms with Crippen molar-refractivity contribution in [3.05, 3.63) is 11.9 Å². The average molecular weight is 266 g/mol. The molecule has 6 heteroatoms. The SMILES string of the molecule is CCOc1ncnc(NCC2CN(C)CCO2)c1C. The molecule has 1 unspecified atom stereocenters. The third-order valence-corrected chi connectivity index (χ3v) is 3.16. The Morgan fingerprint density at radius 1 is 1.53 bits per heavy atom. The fourth-order valence-electron chi connectivity index (χ4n) is 2.10. The first kappa shape index (κ1) is 14.0. The first-order valence-corrected chi connectivity index (χ1v) is 6.69. The monoisotopic (exact) mass is 266 g/mol. The van der Waals surface area contributed by atoms with Gasteiger partial charge < -0.3 is 19.7 Å². The zero-order valence-electron chi connectivity index (χ0n) is 11.8. The Hall–Kier alpha value is -1.40. The van der Waals surface area contributed by atoms with Crippen LogP contribution in [0.2, 0.25) is 0 Å². The minimum atomic E-state index is 0.198. The Labute approximate surface area is 114 Å². The minimum absolute atomic E-state index is 0.198. The summed E-state index contributed by atoms with van der Waals surface area (Å²) in [4.78, 5) is 10.6. The molecule has 0 amide bonds. The second kappa shape index (κ2) is 6.68. The summed E-state index contributed by atoms with van der Waals surface area (Å²) >= 11 is 0. The first-order valence-electron chi connectivity index (χ1n) is 6.69. The maximum Gasteiger partial charge on any atom is 0.221 e. The summed E-state index contributed by atoms with van der Waals surface area (Å²) in [5.41, 5.74) is 0.938. The van der Waals surface area contributed by atoms with Gasteiger partial charge in [0.1, 0.15) is 12.1 Å². The number of nitrogens with zero attached hydrogens (tertiary/aromatic N) is 3. The van der Waals surface area contributed by atoms with Gasteiger partial charge in [-0.3, -0.25) is 0 Å². The summed E-state index contributed by atoms with van der Waals surface area (Å²) in [6.45, 7) is 7.98. The van der Waals surface area contributed by atoms with Gasteiger partial charge in [0.2, 0.25) is 5.88 Å². The van der Waals surface area contributed by atoms with Crippen molar-refractivity contribution >= 4 is 5.82 Å². The van der Waals surface area contributed by atoms with Crippen LogP contribution in [0.4, 0.5) is 5.82 Å². The van der Waals surface area contributed by atoms with E-state index in [-0.39, 0.29) is 6.10 Å². The van der Waals surface area contributed by atoms with E-state index in [1.165, 1.54) is 6.33 Å². The zero-order chi connectivity index (χ0) is 13.7. The lowest BCUT2D eigenvalue weighted by Gasteiger charge is -2.30. The Morgan fingerprint density at radius 2 is 2.37 bits per heavy atom. The van der Waals surface area contributed by atoms with E-state index in [9.17, 15) is 0 Å². The normalized spacial score (nSPS) is 20.3. The quantitative estimate of drug-likeness (QED) is 0.855. The third kappa shape index (κ3) is 3.78. The van der Waals surface area contributed by atoms with Crippen molar-refractivity contribution in [2.75, 3.05) is 45.2 Å². The molecule has 2 rings (SSSR count). The number of hydrogen-bond donors (Lipinski definition) is 1. The van der Waals surface area contributed by atoms with E-state index in [1.54, 1.807) is 0 Å². The molecule has 1 aromatic rings. The van der Waals surface area contributed by atoms with Crippen LogP contribution in [0.1, 0.15) is 12.5 Å². The molecule has 0 saturated carbocycles. The van der Waals surface area contributed by atoms with Crippen molar-refractivity contribution in [3.63, 3.8) is 0 Å². The van der Waals surface area contributed by atoms with Crippen LogP contribution in [-0.2, 0) is 4.74 Å². The van der Waals surface area contributed by atoms with E-state index in [1.807, 2.05) is 13.8 Å². The standard InChI is InChI=1S/C13H22N4O2/c1-4-18-13-10(2)12(15-9-16-13)14-7-11-8-17(3)5-6-19-11/h9,11H,4-8H2,1-3H3,(H,14,15,16). The van der Waals surface area contributed by atoms with Gasteiger partial charge in [0.15, 0.2) is 0 Å². The van der Waals surface area contributed by atoms with Gasteiger partial charge in [0, 0.05) is 19.6 Å². The Balaban J connectivity index is 1.93. The van der Waals surface area contributed by atoms with E-state index in [4.69, 9.17) is 9.47 Å². The molecule has 0 bridgehead atoms. The highest BCUT2D eigenvalue weighted by Gasteiger charge is 2.18. The second-order valence-electron chi connectivity index (χ2n) is 4.72. The van der Waals surface area contributed by atoms with Crippen LogP contribution in [-0.4, -0.2) is 60.9 Å². The number of ether oxygens (including phenoxy) is 2. The van der Waals surface area contributed by atoms with Gasteiger partial charge in [-0.2, -0.15) is 0 Å². The van der Waals surface area contributed by atoms with Crippen molar-refractivity contribution in [1.29, 1.82) is 0 Å². The van der Waals surface area contributed by atoms with Gasteiger partial charge in [0.05, 0.1) is 24.9 Å². The van der Waals surface area contributed by atoms with Crippen molar-refractivity contribution < 1.29 is 9.47 Å². The number of morpholine rings is 1. The van der Waals surface area contributed by atoms with E-state index >= 15 is 0 Å². The topological polar surface area (TPSA) is 59.5 Å². The number of aromatic nitrogens is 2. The zero-order valence-corrected chi connectivity index (χ0v) is 11.8. The summed E-state index contributed by atoms with van der Waals surface area (Å²) in [6, 6.07) is 0. The average Bonchev–Trinajstić information content (AvgIpc) is 2.40. The van der Waals surface area contributed by atoms with Crippen molar-refractivity contribution in [2.24, 2.45) is 0 Å². The van der Waals surface area contributed by atoms with Crippen LogP contribution >= 0.6 is 0 Å². The van der Waals surface area contributed by atoms with Crippen LogP contribution < -0.4 is 10.1 Å². The fourth-order valence-corrected chi connectivity index (χ4v) is 2.10. The van der Waals surface area contributed by atoms with Crippen LogP contribution in [0.25, 0.3) is 0 Å². The summed E-state index contributed by atoms with van der Waals surface area (Å²) < 4.78 is 11.2. The van der Waals surface area contributed by atoms with Crippen molar-refractivity contribution in [1.82, 2.24) is 14.9 Å². The van der Waals surface area contributed by atoms with E-state index < -0.39 is 0 Å². The third-order valence-electron chi connectivity index (χ3n) is 3.16. The molecule has 1 aliphatic heterocycles. The molecule has 106 valence electrons. The number of anilines is 1. The number of likely N-dealkylation sites (N-methyl/N-ethyl adjacent to an activating group) is 1. The minimum Gasteiger partial charge on any atom is -0.478 e. The Morgan fingerprint density at radius 3 is 3.11 bits per heavy atom. The van der Waals surface area contributed by atoms with E-state index in [0.717, 1.165) is 37.6 Å². The number of rotatable bonds is 5. The highest BCUT2D eigenvalue weighted by atomic mass is 16.5. The Kier molecular flexibility index (Phi) is 4.93. The number of hydrogen-bond acceptors (Lipinski definition) is 6. The molecule has 1 saturated heterocycles. The maximum absolute atomic E-state index is 5.71. The van der Waals surface area contributed by atoms with E-state index in [2.05, 4.69) is 27.2 Å². The van der Waals surface area contributed by atoms with Crippen LogP contribution in [0.15, 0.2) is 6.33 Å². The predicted octanol–water partition coefficient (Wildman–Crippen LogP) is 0.926. The summed E-state index contributed by atoms with van der Waals surface area (Å²) in [5.74, 6) is 1.46.